The molecule has 0 spiro atoms. The van der Waals surface area contributed by atoms with E-state index in [0.29, 0.717) is 56.1 Å². The van der Waals surface area contributed by atoms with Gasteiger partial charge in [0, 0.05) is 149 Å². The summed E-state index contributed by atoms with van der Waals surface area (Å²) < 4.78 is 41.3. The molecule has 4 saturated heterocycles. The lowest BCUT2D eigenvalue weighted by Gasteiger charge is -2.63. The summed E-state index contributed by atoms with van der Waals surface area (Å²) in [7, 11) is 0. The van der Waals surface area contributed by atoms with Crippen molar-refractivity contribution in [1.82, 2.24) is 5.32 Å². The Morgan fingerprint density at radius 1 is 0.465 bits per heavy atom. The molecule has 0 aromatic heterocycles. The van der Waals surface area contributed by atoms with Crippen LogP contribution in [0.15, 0.2) is 74.4 Å². The SMILES string of the molecule is C=C[C@@]1(C)C(=O)[C@H](C)[C@]23CCC(=O)O[C@H]2[C@@](C)([C@H](C)CC3)[C@@H]2OC(=O)C[C@H]21.C=C[C@]1(C)CC[C@]2(C)[C@H](C)CC[C@]3(CCC(=O)[C@@H]23)[C@@H](C)[C@@H]1O.C=C[C@]1(C)C[C@@H](OC(N)=O)[C@]2(C)[C@H](C)CC[C@]3(CCC(=O)[C@H]32)[C@@H](C)[C@@H]1OC(C)=O.C=C[C@]1(C)C[C@H]([C@@]2(C)C3=C(CCNC3=O)CC[C@H]2C)OC1=O.C=C[C@]1(C)[C@@H]2CC(=O)O[C@H]2[C@]2(C)[C@H](C)CC[C@]3(CCC(=O)[C@H]32)[C@@H](C)[C@@H]1OC(C)=O. The number of nitrogens with two attached hydrogens (primary N) is 1. The van der Waals surface area contributed by atoms with Gasteiger partial charge in [-0.1, -0.05) is 154 Å². The van der Waals surface area contributed by atoms with Crippen molar-refractivity contribution in [3.05, 3.63) is 74.4 Å². The minimum Gasteiger partial charge on any atom is -0.461 e. The lowest BCUT2D eigenvalue weighted by Crippen LogP contribution is -2.68. The van der Waals surface area contributed by atoms with Gasteiger partial charge in [0.05, 0.1) is 29.8 Å². The number of ketones is 4. The molecule has 8 bridgehead atoms. The van der Waals surface area contributed by atoms with Crippen molar-refractivity contribution in [2.24, 2.45) is 164 Å². The average molecular weight is 1790 g/mol. The molecule has 36 atom stereocenters. The number of rotatable bonds is 9. The molecule has 22 nitrogen and oxygen atoms in total. The third-order valence-electron chi connectivity index (χ3n) is 41.7. The van der Waals surface area contributed by atoms with Gasteiger partial charge < -0.3 is 49.3 Å². The Bertz CT molecular complexity index is 4620. The second-order valence-electron chi connectivity index (χ2n) is 46.8. The first-order valence-corrected chi connectivity index (χ1v) is 49.2. The Kier molecular flexibility index (Phi) is 26.5. The molecular weight excluding hydrogens is 1630 g/mol. The van der Waals surface area contributed by atoms with Gasteiger partial charge in [0.2, 0.25) is 5.91 Å². The molecule has 17 rings (SSSR count). The highest BCUT2D eigenvalue weighted by Crippen LogP contribution is 2.74. The van der Waals surface area contributed by atoms with E-state index in [9.17, 15) is 62.6 Å². The van der Waals surface area contributed by atoms with E-state index in [2.05, 4.69) is 142 Å². The van der Waals surface area contributed by atoms with E-state index < -0.39 is 91.5 Å². The summed E-state index contributed by atoms with van der Waals surface area (Å²) in [5.41, 5.74) is 2.01. The second kappa shape index (κ2) is 34.5. The van der Waals surface area contributed by atoms with Crippen molar-refractivity contribution in [1.29, 1.82) is 0 Å². The summed E-state index contributed by atoms with van der Waals surface area (Å²) in [6.45, 7) is 63.8. The summed E-state index contributed by atoms with van der Waals surface area (Å²) in [6.07, 6.45) is 24.5. The van der Waals surface area contributed by atoms with Gasteiger partial charge in [-0.15, -0.1) is 32.9 Å². The highest BCUT2D eigenvalue weighted by Gasteiger charge is 2.76. The predicted octanol–water partition coefficient (Wildman–Crippen LogP) is 18.7. The number of ether oxygens (including phenoxy) is 7. The van der Waals surface area contributed by atoms with Crippen LogP contribution < -0.4 is 11.1 Å². The summed E-state index contributed by atoms with van der Waals surface area (Å²) in [4.78, 5) is 151. The number of carbonyl (C=O) groups excluding carboxylic acids is 12. The summed E-state index contributed by atoms with van der Waals surface area (Å²) in [6, 6.07) is 0. The highest BCUT2D eigenvalue weighted by molar-refractivity contribution is 5.97. The fraction of sp³-hybridized carbons (Fsp3) is 0.776. The van der Waals surface area contributed by atoms with Gasteiger partial charge in [0.1, 0.15) is 65.9 Å². The number of carbonyl (C=O) groups is 12. The fourth-order valence-corrected chi connectivity index (χ4v) is 32.1. The minimum atomic E-state index is -0.839. The lowest BCUT2D eigenvalue weighted by molar-refractivity contribution is -0.243. The standard InChI is InChI=1S/C24H34O5.C23H35NO5.C22H30O5.C20H32O2.C18H25NO3/c1-7-22(5)16-12-18(27)29-21(16)23(6)13(2)8-10-24(11-9-17(26)19(23)24)14(3)20(22)28-15(4)25;1-7-21(5)12-17(29-20(24)27)22(6)13(2)8-10-23(11-9-16(26)18(22)23)14(3)19(21)28-15(4)25;1-6-20(4)14-11-16(24)26-18(14)21(5)12(2)7-9-22(13(3)17(20)25)10-8-15(23)27-19(21)22;1-6-18(4)11-12-19(5)13(2)7-9-20(14(3)17(18)22)10-8-15(21)16(19)20;1-5-17(3)10-13(22-16(17)21)18(4)11(2)6-7-12-8-9-19-15(20)14(12)18/h7,13-14,16,19-21H,1,8-12H2,2-6H3;7,13-14,17-19H,1,8-12H2,2-6H3,(H2,24,27);6,12-14,18-19H,1,7-11H2,2-5H3;6,13-14,16-17,22H,1,7-12H2,2-5H3;5,11,13H,1,6-10H2,2-4H3,(H,19,20)/t13-,14+,16-,19+,20+,21-,22-,23-,24+;13-,14+,17-,18+,19+,21-,22+,23+;12-,13+,14-,18-,19+,20-,21+,22+;13-,14+,16+,17+,18-,19-,20+;11-,13-,17-,18+/m11111/s1. The van der Waals surface area contributed by atoms with Gasteiger partial charge >= 0.3 is 41.9 Å². The Labute approximate surface area is 768 Å². The molecule has 4 N–H and O–H groups in total. The Morgan fingerprint density at radius 2 is 0.953 bits per heavy atom. The minimum absolute atomic E-state index is 0.00525. The van der Waals surface area contributed by atoms with Crippen LogP contribution in [0.25, 0.3) is 0 Å². The number of primary amides is 1. The third kappa shape index (κ3) is 14.9. The summed E-state index contributed by atoms with van der Waals surface area (Å²) >= 11 is 0. The molecule has 11 saturated carbocycles. The van der Waals surface area contributed by atoms with Crippen LogP contribution >= 0.6 is 0 Å². The number of nitrogens with one attached hydrogen (secondary N) is 1. The quantitative estimate of drug-likeness (QED) is 0.110. The van der Waals surface area contributed by atoms with Crippen LogP contribution in [0, 0.1) is 159 Å². The maximum Gasteiger partial charge on any atom is 0.404 e. The first-order valence-electron chi connectivity index (χ1n) is 49.2. The van der Waals surface area contributed by atoms with Gasteiger partial charge in [-0.25, -0.2) is 4.79 Å². The van der Waals surface area contributed by atoms with E-state index in [4.69, 9.17) is 38.9 Å². The van der Waals surface area contributed by atoms with Crippen LogP contribution in [0.2, 0.25) is 0 Å². The fourth-order valence-electron chi connectivity index (χ4n) is 32.1. The largest absolute Gasteiger partial charge is 0.461 e. The Balaban J connectivity index is 0.000000138. The molecular formula is C107H156N2O20. The van der Waals surface area contributed by atoms with Crippen LogP contribution in [0.5, 0.6) is 0 Å². The van der Waals surface area contributed by atoms with Gasteiger partial charge in [0.25, 0.3) is 0 Å². The molecule has 17 aliphatic rings. The lowest BCUT2D eigenvalue weighted by atomic mass is 9.42. The van der Waals surface area contributed by atoms with Crippen molar-refractivity contribution in [3.8, 4) is 0 Å². The van der Waals surface area contributed by atoms with Gasteiger partial charge in [-0.05, 0) is 187 Å². The normalized spacial score (nSPS) is 49.5. The predicted molar refractivity (Wildman–Crippen MR) is 488 cm³/mol. The van der Waals surface area contributed by atoms with Crippen molar-refractivity contribution < 1.29 is 95.8 Å². The van der Waals surface area contributed by atoms with Crippen molar-refractivity contribution in [3.63, 3.8) is 0 Å². The summed E-state index contributed by atoms with van der Waals surface area (Å²) in [5.74, 6) is 0.259. The number of Topliss-reactive ketones (excluding diaryl/α,β-unsaturated/α-hetero) is 4. The molecule has 129 heavy (non-hydrogen) atoms. The monoisotopic (exact) mass is 1790 g/mol. The van der Waals surface area contributed by atoms with E-state index in [1.54, 1.807) is 12.2 Å². The molecule has 15 fully saturated rings. The zero-order valence-corrected chi connectivity index (χ0v) is 81.8. The molecule has 0 radical (unpaired) electrons. The highest BCUT2D eigenvalue weighted by atomic mass is 16.6. The average Bonchev–Trinajstić information content (AvgIpc) is 1.51. The molecule has 5 aliphatic heterocycles. The molecule has 0 unspecified atom stereocenters. The second-order valence-corrected chi connectivity index (χ2v) is 46.8. The molecule has 0 aromatic rings. The number of amides is 2. The third-order valence-corrected chi connectivity index (χ3v) is 41.7. The molecule has 12 aliphatic carbocycles. The Hall–Kier alpha value is -7.36. The van der Waals surface area contributed by atoms with Crippen LogP contribution in [0.4, 0.5) is 4.79 Å². The first-order chi connectivity index (χ1) is 60.1. The van der Waals surface area contributed by atoms with Crippen LogP contribution in [0.1, 0.15) is 306 Å². The van der Waals surface area contributed by atoms with Gasteiger partial charge in [-0.3, -0.25) is 52.7 Å². The number of cyclic esters (lactones) is 1. The summed E-state index contributed by atoms with van der Waals surface area (Å²) in [5, 5.41) is 14.1. The van der Waals surface area contributed by atoms with Crippen LogP contribution in [0.3, 0.4) is 0 Å². The van der Waals surface area contributed by atoms with Crippen molar-refractivity contribution >= 4 is 70.9 Å². The molecule has 2 amide bonds. The zero-order chi connectivity index (χ0) is 95.4. The van der Waals surface area contributed by atoms with E-state index in [-0.39, 0.29) is 182 Å². The maximum absolute atomic E-state index is 13.7. The number of aliphatic hydroxyl groups excluding tert-OH is 1. The number of hydrogen-bond donors (Lipinski definition) is 3. The number of allylic oxidation sites excluding steroid dienone is 1. The number of esters is 6. The van der Waals surface area contributed by atoms with E-state index in [1.165, 1.54) is 25.8 Å². The molecule has 0 aromatic carbocycles. The zero-order valence-electron chi connectivity index (χ0n) is 81.8. The molecule has 22 heteroatoms. The van der Waals surface area contributed by atoms with E-state index in [0.717, 1.165) is 115 Å². The van der Waals surface area contributed by atoms with Gasteiger partial charge in [-0.2, -0.15) is 0 Å². The van der Waals surface area contributed by atoms with E-state index in [1.807, 2.05) is 45.9 Å². The van der Waals surface area contributed by atoms with Gasteiger partial charge in [0.15, 0.2) is 0 Å². The molecule has 714 valence electrons. The smallest absolute Gasteiger partial charge is 0.404 e. The number of hydrogen-bond acceptors (Lipinski definition) is 20. The van der Waals surface area contributed by atoms with Crippen molar-refractivity contribution in [2.45, 2.75) is 355 Å². The van der Waals surface area contributed by atoms with E-state index >= 15 is 0 Å². The topological polar surface area (TPSA) is 328 Å². The first kappa shape index (κ1) is 99.1. The maximum atomic E-state index is 13.7. The number of aliphatic hydroxyl groups is 1. The van der Waals surface area contributed by atoms with Crippen LogP contribution in [-0.4, -0.2) is 131 Å². The Morgan fingerprint density at radius 3 is 1.48 bits per heavy atom. The van der Waals surface area contributed by atoms with Crippen LogP contribution in [-0.2, 0) is 85.9 Å². The van der Waals surface area contributed by atoms with Crippen molar-refractivity contribution in [2.75, 3.05) is 6.54 Å². The number of fused-ring (bicyclic) bond motifs is 4. The molecule has 5 heterocycles.